The lowest BCUT2D eigenvalue weighted by Gasteiger charge is -2.28. The van der Waals surface area contributed by atoms with Crippen LogP contribution in [0.15, 0.2) is 43.0 Å². The third-order valence-electron chi connectivity index (χ3n) is 6.42. The predicted molar refractivity (Wildman–Crippen MR) is 143 cm³/mol. The molecule has 5 rings (SSSR count). The summed E-state index contributed by atoms with van der Waals surface area (Å²) in [6, 6.07) is 7.67. The Hall–Kier alpha value is -3.78. The fourth-order valence-electron chi connectivity index (χ4n) is 4.55. The Morgan fingerprint density at radius 1 is 1.12 bits per heavy atom. The third-order valence-corrected chi connectivity index (χ3v) is 8.14. The predicted octanol–water partition coefficient (Wildman–Crippen LogP) is 2.77. The minimum Gasteiger partial charge on any atom is -0.462 e. The zero-order valence-electron chi connectivity index (χ0n) is 22.8. The number of nitrogens with zero attached hydrogens (tertiary/aromatic N) is 4. The van der Waals surface area contributed by atoms with E-state index in [2.05, 4.69) is 20.3 Å². The molecule has 7 unspecified atom stereocenters. The number of benzene rings is 1. The van der Waals surface area contributed by atoms with Crippen molar-refractivity contribution in [3.63, 3.8) is 0 Å². The highest BCUT2D eigenvalue weighted by Crippen LogP contribution is 2.51. The summed E-state index contributed by atoms with van der Waals surface area (Å²) < 4.78 is 49.8. The number of imidazole rings is 1. The smallest absolute Gasteiger partial charge is 0.462 e. The highest BCUT2D eigenvalue weighted by Gasteiger charge is 2.58. The highest BCUT2D eigenvalue weighted by atomic mass is 31.2. The first-order chi connectivity index (χ1) is 19.5. The molecular formula is C25H31N6O9P. The number of nitrogens with one attached hydrogen (secondary N) is 1. The second-order valence-electron chi connectivity index (χ2n) is 9.88. The number of hydrogen-bond donors (Lipinski definition) is 2. The molecule has 0 amide bonds. The lowest BCUT2D eigenvalue weighted by atomic mass is 10.1. The first-order valence-electron chi connectivity index (χ1n) is 13.0. The molecule has 3 N–H and O–H groups in total. The molecule has 41 heavy (non-hydrogen) atoms. The van der Waals surface area contributed by atoms with Gasteiger partial charge in [-0.25, -0.2) is 24.3 Å². The van der Waals surface area contributed by atoms with E-state index in [0.717, 1.165) is 0 Å². The number of carbonyl (C=O) groups excluding carboxylic acids is 2. The fraction of sp³-hybridized carbons (Fsp3) is 0.480. The standard InChI is InChI=1S/C25H31N6O9P/c1-13(2)35-24(32)14(3)30-12-41(34,40-16-8-6-5-7-9-16)39-15(4)18-19-20(38-25(33)37-19)23(36-18)31-11-29-17-21(26)27-10-28-22(17)31/h5-11,13-15,18-20,23,30H,12H2,1-4H3,(H2,26,27,28). The van der Waals surface area contributed by atoms with Gasteiger partial charge in [-0.2, -0.15) is 0 Å². The number of ether oxygens (including phenoxy) is 4. The van der Waals surface area contributed by atoms with Crippen LogP contribution < -0.4 is 15.6 Å². The van der Waals surface area contributed by atoms with Gasteiger partial charge >= 0.3 is 19.7 Å². The zero-order valence-corrected chi connectivity index (χ0v) is 23.7. The summed E-state index contributed by atoms with van der Waals surface area (Å²) in [6.45, 7) is 6.65. The lowest BCUT2D eigenvalue weighted by Crippen LogP contribution is -2.40. The molecular weight excluding hydrogens is 559 g/mol. The van der Waals surface area contributed by atoms with Crippen LogP contribution in [0.1, 0.15) is 33.9 Å². The van der Waals surface area contributed by atoms with E-state index in [0.29, 0.717) is 16.9 Å². The van der Waals surface area contributed by atoms with Gasteiger partial charge in [-0.15, -0.1) is 0 Å². The van der Waals surface area contributed by atoms with Crippen molar-refractivity contribution in [3.8, 4) is 5.75 Å². The summed E-state index contributed by atoms with van der Waals surface area (Å²) >= 11 is 0. The zero-order chi connectivity index (χ0) is 29.3. The van der Waals surface area contributed by atoms with Crippen LogP contribution in [-0.4, -0.2) is 74.5 Å². The van der Waals surface area contributed by atoms with Crippen molar-refractivity contribution in [2.24, 2.45) is 0 Å². The first-order valence-corrected chi connectivity index (χ1v) is 14.7. The van der Waals surface area contributed by atoms with Gasteiger partial charge in [0.25, 0.3) is 0 Å². The van der Waals surface area contributed by atoms with Crippen LogP contribution in [0.5, 0.6) is 5.75 Å². The van der Waals surface area contributed by atoms with Gasteiger partial charge in [0, 0.05) is 0 Å². The molecule has 220 valence electrons. The van der Waals surface area contributed by atoms with Crippen molar-refractivity contribution in [3.05, 3.63) is 43.0 Å². The van der Waals surface area contributed by atoms with E-state index in [4.69, 9.17) is 33.7 Å². The van der Waals surface area contributed by atoms with E-state index in [-0.39, 0.29) is 18.2 Å². The van der Waals surface area contributed by atoms with Crippen LogP contribution in [0.2, 0.25) is 0 Å². The number of nitrogen functional groups attached to an aromatic ring is 1. The second-order valence-corrected chi connectivity index (χ2v) is 11.8. The molecule has 0 bridgehead atoms. The Balaban J connectivity index is 1.37. The maximum atomic E-state index is 14.1. The number of carbonyl (C=O) groups is 2. The van der Waals surface area contributed by atoms with Crippen LogP contribution >= 0.6 is 7.60 Å². The number of fused-ring (bicyclic) bond motifs is 2. The van der Waals surface area contributed by atoms with Crippen LogP contribution in [0.25, 0.3) is 11.2 Å². The molecule has 0 spiro atoms. The van der Waals surface area contributed by atoms with Crippen LogP contribution in [0, 0.1) is 0 Å². The molecule has 2 saturated heterocycles. The Labute approximate surface area is 235 Å². The number of rotatable bonds is 11. The number of aromatic nitrogens is 4. The van der Waals surface area contributed by atoms with Gasteiger partial charge in [0.15, 0.2) is 29.9 Å². The van der Waals surface area contributed by atoms with Crippen molar-refractivity contribution in [1.29, 1.82) is 0 Å². The minimum atomic E-state index is -3.99. The Bertz CT molecular complexity index is 1450. The molecule has 7 atom stereocenters. The van der Waals surface area contributed by atoms with Crippen molar-refractivity contribution in [2.45, 2.75) is 70.5 Å². The fourth-order valence-corrected chi connectivity index (χ4v) is 6.29. The number of nitrogens with two attached hydrogens (primary N) is 1. The van der Waals surface area contributed by atoms with Gasteiger partial charge in [0.2, 0.25) is 0 Å². The topological polar surface area (TPSA) is 188 Å². The molecule has 3 aromatic rings. The Morgan fingerprint density at radius 3 is 2.59 bits per heavy atom. The quantitative estimate of drug-likeness (QED) is 0.245. The van der Waals surface area contributed by atoms with Crippen LogP contribution in [0.3, 0.4) is 0 Å². The SMILES string of the molecule is CC(C)OC(=O)C(C)NCP(=O)(Oc1ccccc1)OC(C)C1OC(n2cnc3c(N)ncnc32)C2OC(=O)OC12. The van der Waals surface area contributed by atoms with Gasteiger partial charge in [-0.1, -0.05) is 18.2 Å². The van der Waals surface area contributed by atoms with Gasteiger partial charge in [0.05, 0.1) is 18.5 Å². The van der Waals surface area contributed by atoms with Gasteiger partial charge in [0.1, 0.15) is 36.0 Å². The van der Waals surface area contributed by atoms with E-state index >= 15 is 0 Å². The average Bonchev–Trinajstić information content (AvgIpc) is 3.61. The van der Waals surface area contributed by atoms with Gasteiger partial charge in [-0.05, 0) is 39.8 Å². The number of anilines is 1. The molecule has 4 heterocycles. The molecule has 15 nitrogen and oxygen atoms in total. The van der Waals surface area contributed by atoms with Crippen molar-refractivity contribution >= 4 is 36.7 Å². The van der Waals surface area contributed by atoms with Crippen molar-refractivity contribution in [2.75, 3.05) is 12.0 Å². The molecule has 2 aliphatic rings. The molecule has 2 aromatic heterocycles. The summed E-state index contributed by atoms with van der Waals surface area (Å²) in [5.74, 6) is -0.0477. The third kappa shape index (κ3) is 6.12. The minimum absolute atomic E-state index is 0.175. The molecule has 2 aliphatic heterocycles. The van der Waals surface area contributed by atoms with E-state index in [1.807, 2.05) is 0 Å². The van der Waals surface area contributed by atoms with E-state index < -0.39 is 56.4 Å². The first kappa shape index (κ1) is 28.7. The Kier molecular flexibility index (Phi) is 8.13. The maximum Gasteiger partial charge on any atom is 0.509 e. The monoisotopic (exact) mass is 590 g/mol. The molecule has 0 aliphatic carbocycles. The average molecular weight is 591 g/mol. The van der Waals surface area contributed by atoms with Gasteiger partial charge in [-0.3, -0.25) is 19.2 Å². The number of para-hydroxylation sites is 1. The summed E-state index contributed by atoms with van der Waals surface area (Å²) in [6.07, 6.45) is -3.36. The summed E-state index contributed by atoms with van der Waals surface area (Å²) in [5.41, 5.74) is 6.63. The van der Waals surface area contributed by atoms with E-state index in [1.54, 1.807) is 62.6 Å². The number of esters is 1. The van der Waals surface area contributed by atoms with Crippen molar-refractivity contribution in [1.82, 2.24) is 24.8 Å². The van der Waals surface area contributed by atoms with E-state index in [1.165, 1.54) is 12.7 Å². The maximum absolute atomic E-state index is 14.1. The van der Waals surface area contributed by atoms with Crippen LogP contribution in [0.4, 0.5) is 10.6 Å². The molecule has 2 fully saturated rings. The largest absolute Gasteiger partial charge is 0.509 e. The summed E-state index contributed by atoms with van der Waals surface area (Å²) in [5, 5.41) is 2.88. The lowest BCUT2D eigenvalue weighted by molar-refractivity contribution is -0.149. The highest BCUT2D eigenvalue weighted by molar-refractivity contribution is 7.54. The molecule has 16 heteroatoms. The van der Waals surface area contributed by atoms with Gasteiger partial charge < -0.3 is 29.2 Å². The Morgan fingerprint density at radius 2 is 1.85 bits per heavy atom. The summed E-state index contributed by atoms with van der Waals surface area (Å²) in [4.78, 5) is 36.9. The molecule has 0 saturated carbocycles. The van der Waals surface area contributed by atoms with Crippen LogP contribution in [-0.2, 0) is 32.8 Å². The second kappa shape index (κ2) is 11.6. The molecule has 1 aromatic carbocycles. The van der Waals surface area contributed by atoms with E-state index in [9.17, 15) is 14.2 Å². The van der Waals surface area contributed by atoms with Crippen molar-refractivity contribution < 1.29 is 42.1 Å². The number of hydrogen-bond acceptors (Lipinski definition) is 14. The summed E-state index contributed by atoms with van der Waals surface area (Å²) in [7, 11) is -3.99. The molecule has 0 radical (unpaired) electrons. The normalized spacial score (nSPS) is 24.8.